The Hall–Kier alpha value is -2.73. The van der Waals surface area contributed by atoms with E-state index in [9.17, 15) is 20.1 Å². The smallest absolute Gasteiger partial charge is 0.271 e. The monoisotopic (exact) mass is 334 g/mol. The molecule has 7 heteroatoms. The van der Waals surface area contributed by atoms with Gasteiger partial charge in [0.25, 0.3) is 5.91 Å². The van der Waals surface area contributed by atoms with Gasteiger partial charge < -0.3 is 15.3 Å². The van der Waals surface area contributed by atoms with Crippen molar-refractivity contribution in [3.63, 3.8) is 0 Å². The number of carbonyl (C=O) groups is 1. The van der Waals surface area contributed by atoms with Gasteiger partial charge in [0.05, 0.1) is 6.21 Å². The third-order valence-corrected chi connectivity index (χ3v) is 3.89. The molecule has 0 aromatic heterocycles. The van der Waals surface area contributed by atoms with E-state index in [1.165, 1.54) is 24.4 Å². The number of halogens is 1. The van der Waals surface area contributed by atoms with E-state index in [1.807, 2.05) is 0 Å². The van der Waals surface area contributed by atoms with Crippen LogP contribution in [0.3, 0.4) is 0 Å². The Labute approximate surface area is 137 Å². The number of nitrogens with zero attached hydrogens (tertiary/aromatic N) is 1. The highest BCUT2D eigenvalue weighted by Crippen LogP contribution is 2.29. The van der Waals surface area contributed by atoms with E-state index in [0.717, 1.165) is 11.6 Å². The molecule has 0 atom stereocenters. The van der Waals surface area contributed by atoms with E-state index in [0.29, 0.717) is 16.1 Å². The van der Waals surface area contributed by atoms with Gasteiger partial charge in [0.2, 0.25) is 0 Å². The van der Waals surface area contributed by atoms with Gasteiger partial charge in [-0.25, -0.2) is 5.43 Å². The van der Waals surface area contributed by atoms with Crippen molar-refractivity contribution >= 4 is 23.7 Å². The van der Waals surface area contributed by atoms with Crippen LogP contribution in [-0.2, 0) is 0 Å². The molecule has 0 radical (unpaired) electrons. The van der Waals surface area contributed by atoms with Crippen LogP contribution >= 0.6 is 11.6 Å². The van der Waals surface area contributed by atoms with Crippen molar-refractivity contribution in [2.75, 3.05) is 0 Å². The van der Waals surface area contributed by atoms with Gasteiger partial charge >= 0.3 is 0 Å². The Morgan fingerprint density at radius 2 is 1.83 bits per heavy atom. The number of aryl methyl sites for hydroxylation is 1. The maximum atomic E-state index is 11.9. The van der Waals surface area contributed by atoms with Gasteiger partial charge in [-0.15, -0.1) is 0 Å². The minimum absolute atomic E-state index is 0.00433. The van der Waals surface area contributed by atoms with Crippen molar-refractivity contribution in [2.24, 2.45) is 5.10 Å². The zero-order chi connectivity index (χ0) is 17.1. The maximum absolute atomic E-state index is 11.9. The van der Waals surface area contributed by atoms with Crippen LogP contribution in [0.25, 0.3) is 0 Å². The van der Waals surface area contributed by atoms with E-state index in [-0.39, 0.29) is 17.1 Å². The van der Waals surface area contributed by atoms with E-state index in [2.05, 4.69) is 10.5 Å². The van der Waals surface area contributed by atoms with E-state index >= 15 is 0 Å². The number of phenolic OH excluding ortho intramolecular Hbond substituents is 3. The highest BCUT2D eigenvalue weighted by molar-refractivity contribution is 6.32. The largest absolute Gasteiger partial charge is 0.507 e. The molecular weight excluding hydrogens is 320 g/mol. The molecule has 1 amide bonds. The first-order valence-corrected chi connectivity index (χ1v) is 7.03. The molecule has 0 unspecified atom stereocenters. The van der Waals surface area contributed by atoms with Gasteiger partial charge in [0, 0.05) is 16.1 Å². The Balaban J connectivity index is 2.17. The quantitative estimate of drug-likeness (QED) is 0.394. The lowest BCUT2D eigenvalue weighted by Crippen LogP contribution is -2.17. The molecule has 120 valence electrons. The number of carbonyl (C=O) groups excluding carboxylic acids is 1. The van der Waals surface area contributed by atoms with E-state index in [4.69, 9.17) is 11.6 Å². The summed E-state index contributed by atoms with van der Waals surface area (Å²) in [4.78, 5) is 11.9. The molecule has 0 aliphatic carbocycles. The molecule has 23 heavy (non-hydrogen) atoms. The summed E-state index contributed by atoms with van der Waals surface area (Å²) in [5.41, 5.74) is 4.17. The SMILES string of the molecule is Cc1cc(O)c(/C=N/NC(=O)c2ccc(O)c(O)c2)c(C)c1Cl. The second-order valence-corrected chi connectivity index (χ2v) is 5.35. The minimum Gasteiger partial charge on any atom is -0.507 e. The van der Waals surface area contributed by atoms with Gasteiger partial charge in [-0.1, -0.05) is 11.6 Å². The topological polar surface area (TPSA) is 102 Å². The molecule has 0 saturated carbocycles. The average Bonchev–Trinajstić information content (AvgIpc) is 2.51. The molecule has 0 bridgehead atoms. The van der Waals surface area contributed by atoms with Crippen LogP contribution in [0.4, 0.5) is 0 Å². The first-order valence-electron chi connectivity index (χ1n) is 6.65. The van der Waals surface area contributed by atoms with E-state index < -0.39 is 11.7 Å². The molecule has 2 aromatic rings. The highest BCUT2D eigenvalue weighted by Gasteiger charge is 2.11. The summed E-state index contributed by atoms with van der Waals surface area (Å²) in [6, 6.07) is 5.16. The van der Waals surface area contributed by atoms with Crippen molar-refractivity contribution in [3.8, 4) is 17.2 Å². The molecule has 2 rings (SSSR count). The molecule has 0 spiro atoms. The normalized spacial score (nSPS) is 10.9. The Bertz CT molecular complexity index is 803. The first kappa shape index (κ1) is 16.6. The number of amides is 1. The second kappa shape index (κ2) is 6.58. The summed E-state index contributed by atoms with van der Waals surface area (Å²) < 4.78 is 0. The summed E-state index contributed by atoms with van der Waals surface area (Å²) in [7, 11) is 0. The summed E-state index contributed by atoms with van der Waals surface area (Å²) in [6.07, 6.45) is 1.29. The maximum Gasteiger partial charge on any atom is 0.271 e. The van der Waals surface area contributed by atoms with Crippen molar-refractivity contribution < 1.29 is 20.1 Å². The summed E-state index contributed by atoms with van der Waals surface area (Å²) in [5, 5.41) is 32.8. The molecule has 0 saturated heterocycles. The Morgan fingerprint density at radius 1 is 1.13 bits per heavy atom. The van der Waals surface area contributed by atoms with Gasteiger partial charge in [-0.3, -0.25) is 4.79 Å². The molecule has 0 aliphatic rings. The number of hydrogen-bond donors (Lipinski definition) is 4. The van der Waals surface area contributed by atoms with Crippen LogP contribution in [-0.4, -0.2) is 27.4 Å². The number of benzene rings is 2. The van der Waals surface area contributed by atoms with Gasteiger partial charge in [0.1, 0.15) is 5.75 Å². The standard InChI is InChI=1S/C16H15ClN2O4/c1-8-5-13(21)11(9(2)15(8)17)7-18-19-16(23)10-3-4-12(20)14(22)6-10/h3-7,20-22H,1-2H3,(H,19,23)/b18-7+. The van der Waals surface area contributed by atoms with Crippen LogP contribution in [0.1, 0.15) is 27.0 Å². The highest BCUT2D eigenvalue weighted by atomic mass is 35.5. The number of hydrazone groups is 1. The minimum atomic E-state index is -0.577. The Morgan fingerprint density at radius 3 is 2.48 bits per heavy atom. The summed E-state index contributed by atoms with van der Waals surface area (Å²) in [5.74, 6) is -1.29. The molecule has 6 nitrogen and oxygen atoms in total. The van der Waals surface area contributed by atoms with Crippen molar-refractivity contribution in [2.45, 2.75) is 13.8 Å². The molecule has 0 heterocycles. The number of nitrogens with one attached hydrogen (secondary N) is 1. The molecule has 0 aliphatic heterocycles. The van der Waals surface area contributed by atoms with Crippen LogP contribution in [0.5, 0.6) is 17.2 Å². The number of hydrogen-bond acceptors (Lipinski definition) is 5. The third-order valence-electron chi connectivity index (χ3n) is 3.31. The molecule has 4 N–H and O–H groups in total. The van der Waals surface area contributed by atoms with Gasteiger partial charge in [0.15, 0.2) is 11.5 Å². The number of rotatable bonds is 3. The van der Waals surface area contributed by atoms with Crippen molar-refractivity contribution in [1.82, 2.24) is 5.43 Å². The van der Waals surface area contributed by atoms with Crippen LogP contribution in [0, 0.1) is 13.8 Å². The Kier molecular flexibility index (Phi) is 4.76. The summed E-state index contributed by atoms with van der Waals surface area (Å²) >= 11 is 6.11. The molecular formula is C16H15ClN2O4. The number of phenols is 3. The first-order chi connectivity index (χ1) is 10.8. The fraction of sp³-hybridized carbons (Fsp3) is 0.125. The number of aromatic hydroxyl groups is 3. The van der Waals surface area contributed by atoms with Crippen LogP contribution < -0.4 is 5.43 Å². The zero-order valence-electron chi connectivity index (χ0n) is 12.5. The molecule has 0 fully saturated rings. The van der Waals surface area contributed by atoms with Gasteiger partial charge in [-0.05, 0) is 49.2 Å². The predicted molar refractivity (Wildman–Crippen MR) is 87.4 cm³/mol. The van der Waals surface area contributed by atoms with Crippen LogP contribution in [0.2, 0.25) is 5.02 Å². The lowest BCUT2D eigenvalue weighted by atomic mass is 10.1. The van der Waals surface area contributed by atoms with Gasteiger partial charge in [-0.2, -0.15) is 5.10 Å². The lowest BCUT2D eigenvalue weighted by molar-refractivity contribution is 0.0954. The summed E-state index contributed by atoms with van der Waals surface area (Å²) in [6.45, 7) is 3.51. The molecule has 2 aromatic carbocycles. The fourth-order valence-corrected chi connectivity index (χ4v) is 2.16. The second-order valence-electron chi connectivity index (χ2n) is 4.97. The van der Waals surface area contributed by atoms with Crippen molar-refractivity contribution in [1.29, 1.82) is 0 Å². The van der Waals surface area contributed by atoms with E-state index in [1.54, 1.807) is 13.8 Å². The zero-order valence-corrected chi connectivity index (χ0v) is 13.2. The van der Waals surface area contributed by atoms with Crippen LogP contribution in [0.15, 0.2) is 29.4 Å². The lowest BCUT2D eigenvalue weighted by Gasteiger charge is -2.08. The average molecular weight is 335 g/mol. The third kappa shape index (κ3) is 3.54. The van der Waals surface area contributed by atoms with Crippen molar-refractivity contribution in [3.05, 3.63) is 51.5 Å². The fourth-order valence-electron chi connectivity index (χ4n) is 2.00. The predicted octanol–water partition coefficient (Wildman–Crippen LogP) is 2.84.